The molecule has 1 amide bonds. The fourth-order valence-corrected chi connectivity index (χ4v) is 3.24. The van der Waals surface area contributed by atoms with Crippen LogP contribution in [0.3, 0.4) is 0 Å². The average molecular weight is 470 g/mol. The minimum absolute atomic E-state index is 0.0394. The third-order valence-corrected chi connectivity index (χ3v) is 4.92. The summed E-state index contributed by atoms with van der Waals surface area (Å²) in [5.41, 5.74) is 7.74. The first-order valence-electron chi connectivity index (χ1n) is 9.06. The number of nitrogens with one attached hydrogen (secondary N) is 1. The van der Waals surface area contributed by atoms with E-state index in [2.05, 4.69) is 25.9 Å². The molecule has 3 aromatic carbocycles. The number of imidazole rings is 1. The Balaban J connectivity index is 1.54. The zero-order chi connectivity index (χ0) is 21.1. The van der Waals surface area contributed by atoms with Gasteiger partial charge in [-0.2, -0.15) is 0 Å². The van der Waals surface area contributed by atoms with E-state index in [0.29, 0.717) is 21.6 Å². The molecule has 30 heavy (non-hydrogen) atoms. The number of ether oxygens (including phenoxy) is 2. The van der Waals surface area contributed by atoms with E-state index in [0.717, 1.165) is 11.0 Å². The highest BCUT2D eigenvalue weighted by molar-refractivity contribution is 9.10. The summed E-state index contributed by atoms with van der Waals surface area (Å²) in [6, 6.07) is 17.0. The molecule has 1 heterocycles. The zero-order valence-corrected chi connectivity index (χ0v) is 17.3. The maximum atomic E-state index is 14.1. The quantitative estimate of drug-likeness (QED) is 0.409. The van der Waals surface area contributed by atoms with Gasteiger partial charge in [-0.3, -0.25) is 4.79 Å². The number of fused-ring (bicyclic) bond motifs is 1. The second-order valence-electron chi connectivity index (χ2n) is 6.54. The first-order valence-corrected chi connectivity index (χ1v) is 9.86. The van der Waals surface area contributed by atoms with Gasteiger partial charge in [-0.15, -0.1) is 0 Å². The van der Waals surface area contributed by atoms with Crippen molar-refractivity contribution in [3.63, 3.8) is 0 Å². The monoisotopic (exact) mass is 469 g/mol. The smallest absolute Gasteiger partial charge is 0.248 e. The number of hydrogen-bond donors (Lipinski definition) is 2. The number of H-pyrrole nitrogens is 1. The largest absolute Gasteiger partial charge is 0.485 e. The fraction of sp³-hybridized carbons (Fsp3) is 0.0909. The van der Waals surface area contributed by atoms with Gasteiger partial charge in [0.1, 0.15) is 24.9 Å². The van der Waals surface area contributed by atoms with Crippen molar-refractivity contribution in [3.05, 3.63) is 87.9 Å². The highest BCUT2D eigenvalue weighted by Gasteiger charge is 2.13. The number of nitrogens with two attached hydrogens (primary N) is 1. The summed E-state index contributed by atoms with van der Waals surface area (Å²) < 4.78 is 26.4. The lowest BCUT2D eigenvalue weighted by atomic mass is 10.2. The summed E-state index contributed by atoms with van der Waals surface area (Å²) in [4.78, 5) is 19.2. The summed E-state index contributed by atoms with van der Waals surface area (Å²) in [5, 5.41) is 0. The molecule has 8 heteroatoms. The molecular weight excluding hydrogens is 453 g/mol. The number of nitrogens with zero attached hydrogens (tertiary/aromatic N) is 1. The Morgan fingerprint density at radius 1 is 1.03 bits per heavy atom. The van der Waals surface area contributed by atoms with Gasteiger partial charge in [0.15, 0.2) is 11.5 Å². The number of hydrogen-bond acceptors (Lipinski definition) is 4. The van der Waals surface area contributed by atoms with Gasteiger partial charge >= 0.3 is 0 Å². The van der Waals surface area contributed by atoms with E-state index in [1.54, 1.807) is 24.3 Å². The molecular formula is C22H17BrFN3O3. The van der Waals surface area contributed by atoms with Crippen molar-refractivity contribution in [2.75, 3.05) is 0 Å². The predicted molar refractivity (Wildman–Crippen MR) is 114 cm³/mol. The molecule has 0 radical (unpaired) electrons. The molecule has 4 rings (SSSR count). The van der Waals surface area contributed by atoms with E-state index in [9.17, 15) is 9.18 Å². The van der Waals surface area contributed by atoms with E-state index in [4.69, 9.17) is 15.2 Å². The van der Waals surface area contributed by atoms with Crippen LogP contribution in [0.5, 0.6) is 11.5 Å². The molecule has 6 nitrogen and oxygen atoms in total. The molecule has 0 aliphatic rings. The first kappa shape index (κ1) is 19.9. The Hall–Kier alpha value is -3.39. The lowest BCUT2D eigenvalue weighted by Gasteiger charge is -2.13. The average Bonchev–Trinajstić information content (AvgIpc) is 3.15. The number of amides is 1. The second kappa shape index (κ2) is 8.54. The van der Waals surface area contributed by atoms with Crippen LogP contribution in [0.15, 0.2) is 65.1 Å². The Morgan fingerprint density at radius 3 is 2.60 bits per heavy atom. The van der Waals surface area contributed by atoms with Crippen LogP contribution in [0, 0.1) is 5.82 Å². The van der Waals surface area contributed by atoms with Crippen LogP contribution in [0.1, 0.15) is 21.7 Å². The molecule has 0 bridgehead atoms. The Kier molecular flexibility index (Phi) is 5.67. The Labute approximate surface area is 180 Å². The second-order valence-corrected chi connectivity index (χ2v) is 7.46. The maximum Gasteiger partial charge on any atom is 0.248 e. The topological polar surface area (TPSA) is 90.2 Å². The minimum atomic E-state index is -0.599. The number of benzene rings is 3. The van der Waals surface area contributed by atoms with Gasteiger partial charge in [0.2, 0.25) is 5.91 Å². The maximum absolute atomic E-state index is 14.1. The number of halogens is 2. The molecule has 1 aromatic heterocycles. The lowest BCUT2D eigenvalue weighted by molar-refractivity contribution is 0.0999. The third-order valence-electron chi connectivity index (χ3n) is 4.43. The SMILES string of the molecule is NC(=O)c1ccc(OCc2nc3ccccc3[nH]2)c(OCc2ccc(Br)cc2F)c1. The van der Waals surface area contributed by atoms with Gasteiger partial charge in [0.05, 0.1) is 11.0 Å². The van der Waals surface area contributed by atoms with Gasteiger partial charge < -0.3 is 20.2 Å². The molecule has 0 aliphatic heterocycles. The number of para-hydroxylation sites is 2. The van der Waals surface area contributed by atoms with Crippen molar-refractivity contribution >= 4 is 32.9 Å². The first-order chi connectivity index (χ1) is 14.5. The van der Waals surface area contributed by atoms with E-state index < -0.39 is 11.7 Å². The lowest BCUT2D eigenvalue weighted by Crippen LogP contribution is -2.11. The number of carbonyl (C=O) groups excluding carboxylic acids is 1. The van der Waals surface area contributed by atoms with Crippen molar-refractivity contribution in [3.8, 4) is 11.5 Å². The highest BCUT2D eigenvalue weighted by Crippen LogP contribution is 2.30. The van der Waals surface area contributed by atoms with Gasteiger partial charge in [0, 0.05) is 15.6 Å². The fourth-order valence-electron chi connectivity index (χ4n) is 2.91. The summed E-state index contributed by atoms with van der Waals surface area (Å²) in [6.07, 6.45) is 0. The van der Waals surface area contributed by atoms with Gasteiger partial charge in [-0.25, -0.2) is 9.37 Å². The van der Waals surface area contributed by atoms with Crippen LogP contribution >= 0.6 is 15.9 Å². The zero-order valence-electron chi connectivity index (χ0n) is 15.7. The summed E-state index contributed by atoms with van der Waals surface area (Å²) >= 11 is 3.22. The molecule has 0 aliphatic carbocycles. The van der Waals surface area contributed by atoms with Crippen molar-refractivity contribution in [1.82, 2.24) is 9.97 Å². The Morgan fingerprint density at radius 2 is 1.83 bits per heavy atom. The highest BCUT2D eigenvalue weighted by atomic mass is 79.9. The predicted octanol–water partition coefficient (Wildman–Crippen LogP) is 4.72. The van der Waals surface area contributed by atoms with Crippen LogP contribution in [-0.4, -0.2) is 15.9 Å². The van der Waals surface area contributed by atoms with Gasteiger partial charge in [0.25, 0.3) is 0 Å². The van der Waals surface area contributed by atoms with Crippen molar-refractivity contribution < 1.29 is 18.7 Å². The van der Waals surface area contributed by atoms with Crippen molar-refractivity contribution in [2.24, 2.45) is 5.73 Å². The molecule has 152 valence electrons. The van der Waals surface area contributed by atoms with Crippen LogP contribution in [0.25, 0.3) is 11.0 Å². The van der Waals surface area contributed by atoms with E-state index in [1.807, 2.05) is 24.3 Å². The normalized spacial score (nSPS) is 10.9. The summed E-state index contributed by atoms with van der Waals surface area (Å²) in [5.74, 6) is 0.307. The van der Waals surface area contributed by atoms with Gasteiger partial charge in [-0.1, -0.05) is 34.1 Å². The van der Waals surface area contributed by atoms with E-state index in [1.165, 1.54) is 12.1 Å². The number of aromatic amines is 1. The third kappa shape index (κ3) is 4.44. The molecule has 4 aromatic rings. The van der Waals surface area contributed by atoms with Gasteiger partial charge in [-0.05, 0) is 42.5 Å². The molecule has 0 spiro atoms. The van der Waals surface area contributed by atoms with Crippen LogP contribution in [-0.2, 0) is 13.2 Å². The molecule has 3 N–H and O–H groups in total. The van der Waals surface area contributed by atoms with Crippen molar-refractivity contribution in [1.29, 1.82) is 0 Å². The molecule has 0 fully saturated rings. The number of aromatic nitrogens is 2. The van der Waals surface area contributed by atoms with Crippen molar-refractivity contribution in [2.45, 2.75) is 13.2 Å². The Bertz CT molecular complexity index is 1190. The summed E-state index contributed by atoms with van der Waals surface area (Å²) in [7, 11) is 0. The standard InChI is InChI=1S/C22H17BrFN3O3/c23-15-7-5-14(16(24)10-15)11-29-20-9-13(22(25)28)6-8-19(20)30-12-21-26-17-3-1-2-4-18(17)27-21/h1-10H,11-12H2,(H2,25,28)(H,26,27). The molecule has 0 saturated heterocycles. The number of primary amides is 1. The number of rotatable bonds is 7. The molecule has 0 saturated carbocycles. The van der Waals surface area contributed by atoms with Crippen LogP contribution < -0.4 is 15.2 Å². The van der Waals surface area contributed by atoms with Crippen LogP contribution in [0.2, 0.25) is 0 Å². The van der Waals surface area contributed by atoms with Crippen LogP contribution in [0.4, 0.5) is 4.39 Å². The van der Waals surface area contributed by atoms with E-state index >= 15 is 0 Å². The number of carbonyl (C=O) groups is 1. The van der Waals surface area contributed by atoms with E-state index in [-0.39, 0.29) is 24.5 Å². The minimum Gasteiger partial charge on any atom is -0.485 e. The summed E-state index contributed by atoms with van der Waals surface area (Å²) in [6.45, 7) is 0.121. The molecule has 0 atom stereocenters. The molecule has 0 unspecified atom stereocenters.